The molecular formula is C11H18N6. The van der Waals surface area contributed by atoms with Crippen LogP contribution in [0.2, 0.25) is 0 Å². The van der Waals surface area contributed by atoms with Gasteiger partial charge in [-0.3, -0.25) is 9.36 Å². The molecule has 2 aromatic heterocycles. The van der Waals surface area contributed by atoms with Crippen LogP contribution in [0.25, 0.3) is 0 Å². The first-order valence-electron chi connectivity index (χ1n) is 5.77. The summed E-state index contributed by atoms with van der Waals surface area (Å²) < 4.78 is 3.71. The average Bonchev–Trinajstić information content (AvgIpc) is 2.85. The van der Waals surface area contributed by atoms with Crippen molar-refractivity contribution in [1.82, 2.24) is 29.9 Å². The van der Waals surface area contributed by atoms with Gasteiger partial charge in [0.05, 0.1) is 17.9 Å². The van der Waals surface area contributed by atoms with Gasteiger partial charge in [0.25, 0.3) is 0 Å². The smallest absolute Gasteiger partial charge is 0.164 e. The van der Waals surface area contributed by atoms with Crippen LogP contribution < -0.4 is 5.32 Å². The van der Waals surface area contributed by atoms with E-state index in [0.29, 0.717) is 6.54 Å². The lowest BCUT2D eigenvalue weighted by Crippen LogP contribution is -2.17. The van der Waals surface area contributed by atoms with E-state index in [4.69, 9.17) is 0 Å². The van der Waals surface area contributed by atoms with Crippen LogP contribution in [0, 0.1) is 6.92 Å². The highest BCUT2D eigenvalue weighted by Crippen LogP contribution is 2.03. The monoisotopic (exact) mass is 234 g/mol. The van der Waals surface area contributed by atoms with Crippen LogP contribution in [-0.2, 0) is 26.7 Å². The fraction of sp³-hybridized carbons (Fsp3) is 0.545. The van der Waals surface area contributed by atoms with E-state index in [1.54, 1.807) is 11.0 Å². The summed E-state index contributed by atoms with van der Waals surface area (Å²) in [6, 6.07) is 2.10. The lowest BCUT2D eigenvalue weighted by molar-refractivity contribution is 0.570. The maximum atomic E-state index is 4.40. The molecule has 0 aromatic carbocycles. The Morgan fingerprint density at radius 2 is 2.12 bits per heavy atom. The predicted molar refractivity (Wildman–Crippen MR) is 64.2 cm³/mol. The van der Waals surface area contributed by atoms with Crippen molar-refractivity contribution >= 4 is 0 Å². The number of nitrogens with one attached hydrogen (secondary N) is 1. The standard InChI is InChI=1S/C11H18N6/c1-4-17-10(5-9(2)14-17)6-12-7-11-13-8-16(3)15-11/h5,8,12H,4,6-7H2,1-3H3. The van der Waals surface area contributed by atoms with Gasteiger partial charge in [-0.1, -0.05) is 0 Å². The summed E-state index contributed by atoms with van der Waals surface area (Å²) >= 11 is 0. The van der Waals surface area contributed by atoms with Gasteiger partial charge >= 0.3 is 0 Å². The SMILES string of the molecule is CCn1nc(C)cc1CNCc1ncn(C)n1. The van der Waals surface area contributed by atoms with Crippen molar-refractivity contribution in [2.45, 2.75) is 33.5 Å². The first-order chi connectivity index (χ1) is 8.19. The minimum Gasteiger partial charge on any atom is -0.304 e. The maximum absolute atomic E-state index is 4.40. The van der Waals surface area contributed by atoms with Gasteiger partial charge in [-0.05, 0) is 19.9 Å². The topological polar surface area (TPSA) is 60.6 Å². The highest BCUT2D eigenvalue weighted by atomic mass is 15.3. The van der Waals surface area contributed by atoms with Gasteiger partial charge in [-0.25, -0.2) is 4.98 Å². The van der Waals surface area contributed by atoms with Crippen molar-refractivity contribution < 1.29 is 0 Å². The molecule has 0 aliphatic heterocycles. The molecule has 2 aromatic rings. The fourth-order valence-electron chi connectivity index (χ4n) is 1.78. The Bertz CT molecular complexity index is 484. The van der Waals surface area contributed by atoms with Gasteiger partial charge in [-0.15, -0.1) is 0 Å². The van der Waals surface area contributed by atoms with Crippen molar-refractivity contribution in [2.75, 3.05) is 0 Å². The predicted octanol–water partition coefficient (Wildman–Crippen LogP) is 0.630. The second-order valence-electron chi connectivity index (χ2n) is 4.03. The molecule has 6 heteroatoms. The number of aryl methyl sites for hydroxylation is 3. The maximum Gasteiger partial charge on any atom is 0.164 e. The van der Waals surface area contributed by atoms with Crippen molar-refractivity contribution in [3.8, 4) is 0 Å². The molecule has 0 bridgehead atoms. The minimum absolute atomic E-state index is 0.675. The van der Waals surface area contributed by atoms with Crippen LogP contribution in [0.3, 0.4) is 0 Å². The number of hydrogen-bond donors (Lipinski definition) is 1. The van der Waals surface area contributed by atoms with E-state index in [1.165, 1.54) is 5.69 Å². The third kappa shape index (κ3) is 2.91. The number of hydrogen-bond acceptors (Lipinski definition) is 4. The molecule has 0 atom stereocenters. The third-order valence-electron chi connectivity index (χ3n) is 2.52. The Kier molecular flexibility index (Phi) is 3.53. The van der Waals surface area contributed by atoms with Crippen molar-refractivity contribution in [3.05, 3.63) is 29.6 Å². The normalized spacial score (nSPS) is 11.0. The molecule has 6 nitrogen and oxygen atoms in total. The summed E-state index contributed by atoms with van der Waals surface area (Å²) in [5.41, 5.74) is 2.25. The Morgan fingerprint density at radius 1 is 1.29 bits per heavy atom. The third-order valence-corrected chi connectivity index (χ3v) is 2.52. The van der Waals surface area contributed by atoms with Crippen LogP contribution in [0.1, 0.15) is 24.1 Å². The summed E-state index contributed by atoms with van der Waals surface area (Å²) in [6.07, 6.45) is 1.71. The molecule has 0 aliphatic carbocycles. The molecule has 2 rings (SSSR count). The molecule has 2 heterocycles. The van der Waals surface area contributed by atoms with Gasteiger partial charge in [0.1, 0.15) is 6.33 Å². The highest BCUT2D eigenvalue weighted by molar-refractivity contribution is 5.08. The molecular weight excluding hydrogens is 216 g/mol. The van der Waals surface area contributed by atoms with E-state index < -0.39 is 0 Å². The van der Waals surface area contributed by atoms with E-state index in [1.807, 2.05) is 18.7 Å². The molecule has 0 saturated heterocycles. The Morgan fingerprint density at radius 3 is 2.76 bits per heavy atom. The lowest BCUT2D eigenvalue weighted by Gasteiger charge is -2.04. The van der Waals surface area contributed by atoms with E-state index in [2.05, 4.69) is 33.5 Å². The molecule has 0 saturated carbocycles. The zero-order chi connectivity index (χ0) is 12.3. The number of aromatic nitrogens is 5. The number of rotatable bonds is 5. The summed E-state index contributed by atoms with van der Waals surface area (Å²) in [6.45, 7) is 6.46. The van der Waals surface area contributed by atoms with E-state index in [-0.39, 0.29) is 0 Å². The Labute approximate surface area is 101 Å². The zero-order valence-electron chi connectivity index (χ0n) is 10.5. The van der Waals surface area contributed by atoms with Gasteiger partial charge < -0.3 is 5.32 Å². The fourth-order valence-corrected chi connectivity index (χ4v) is 1.78. The summed E-state index contributed by atoms with van der Waals surface area (Å²) in [4.78, 5) is 4.16. The van der Waals surface area contributed by atoms with E-state index >= 15 is 0 Å². The summed E-state index contributed by atoms with van der Waals surface area (Å²) in [7, 11) is 1.87. The van der Waals surface area contributed by atoms with E-state index in [0.717, 1.165) is 24.6 Å². The minimum atomic E-state index is 0.675. The van der Waals surface area contributed by atoms with Crippen molar-refractivity contribution in [2.24, 2.45) is 7.05 Å². The molecule has 0 unspecified atom stereocenters. The van der Waals surface area contributed by atoms with Crippen LogP contribution in [0.4, 0.5) is 0 Å². The molecule has 1 N–H and O–H groups in total. The van der Waals surface area contributed by atoms with Crippen molar-refractivity contribution in [1.29, 1.82) is 0 Å². The molecule has 0 amide bonds. The van der Waals surface area contributed by atoms with Crippen LogP contribution in [0.5, 0.6) is 0 Å². The van der Waals surface area contributed by atoms with Crippen LogP contribution in [0.15, 0.2) is 12.4 Å². The van der Waals surface area contributed by atoms with Crippen LogP contribution in [-0.4, -0.2) is 24.5 Å². The largest absolute Gasteiger partial charge is 0.304 e. The molecule has 92 valence electrons. The first kappa shape index (κ1) is 11.8. The highest BCUT2D eigenvalue weighted by Gasteiger charge is 2.04. The quantitative estimate of drug-likeness (QED) is 0.824. The Hall–Kier alpha value is -1.69. The second-order valence-corrected chi connectivity index (χ2v) is 4.03. The lowest BCUT2D eigenvalue weighted by atomic mass is 10.3. The molecule has 0 spiro atoms. The Balaban J connectivity index is 1.89. The number of nitrogens with zero attached hydrogens (tertiary/aromatic N) is 5. The summed E-state index contributed by atoms with van der Waals surface area (Å²) in [5, 5.41) is 11.9. The average molecular weight is 234 g/mol. The van der Waals surface area contributed by atoms with Crippen LogP contribution >= 0.6 is 0 Å². The van der Waals surface area contributed by atoms with Gasteiger partial charge in [-0.2, -0.15) is 10.2 Å². The molecule has 17 heavy (non-hydrogen) atoms. The molecule has 0 radical (unpaired) electrons. The molecule has 0 fully saturated rings. The van der Waals surface area contributed by atoms with E-state index in [9.17, 15) is 0 Å². The summed E-state index contributed by atoms with van der Waals surface area (Å²) in [5.74, 6) is 0.812. The second kappa shape index (κ2) is 5.09. The molecule has 0 aliphatic rings. The van der Waals surface area contributed by atoms with Crippen molar-refractivity contribution in [3.63, 3.8) is 0 Å². The van der Waals surface area contributed by atoms with Gasteiger partial charge in [0, 0.05) is 20.1 Å². The van der Waals surface area contributed by atoms with Gasteiger partial charge in [0.2, 0.25) is 0 Å². The first-order valence-corrected chi connectivity index (χ1v) is 5.77. The zero-order valence-corrected chi connectivity index (χ0v) is 10.5. The van der Waals surface area contributed by atoms with Gasteiger partial charge in [0.15, 0.2) is 5.82 Å².